The number of hydrogen-bond acceptors (Lipinski definition) is 3. The minimum Gasteiger partial charge on any atom is -0.394 e. The van der Waals surface area contributed by atoms with E-state index in [4.69, 9.17) is 9.05 Å². The van der Waals surface area contributed by atoms with E-state index in [1.165, 1.54) is 0 Å². The molecule has 1 heterocycles. The topological polar surface area (TPSA) is 55.8 Å². The summed E-state index contributed by atoms with van der Waals surface area (Å²) in [5, 5.41) is 0. The first kappa shape index (κ1) is 37.2. The van der Waals surface area contributed by atoms with E-state index >= 15 is 0 Å². The molecule has 0 atom stereocenters. The fourth-order valence-electron chi connectivity index (χ4n) is 7.52. The minimum atomic E-state index is -5.67. The highest BCUT2D eigenvalue weighted by Crippen LogP contribution is 2.63. The molecule has 0 bridgehead atoms. The maximum absolute atomic E-state index is 14.5. The van der Waals surface area contributed by atoms with Crippen LogP contribution < -0.4 is 9.05 Å². The van der Waals surface area contributed by atoms with Gasteiger partial charge in [0.2, 0.25) is 0 Å². The Morgan fingerprint density at radius 3 is 1.19 bits per heavy atom. The van der Waals surface area contributed by atoms with Gasteiger partial charge < -0.3 is 9.05 Å². The van der Waals surface area contributed by atoms with E-state index in [1.54, 1.807) is 0 Å². The van der Waals surface area contributed by atoms with E-state index in [-0.39, 0.29) is 73.2 Å². The predicted molar refractivity (Wildman–Crippen MR) is 167 cm³/mol. The Morgan fingerprint density at radius 2 is 0.849 bits per heavy atom. The van der Waals surface area contributed by atoms with E-state index in [2.05, 4.69) is 0 Å². The number of hydrogen-bond donors (Lipinski definition) is 1. The summed E-state index contributed by atoms with van der Waals surface area (Å²) in [4.78, 5) is 11.1. The lowest BCUT2D eigenvalue weighted by Gasteiger charge is -2.28. The van der Waals surface area contributed by atoms with Crippen LogP contribution in [0.5, 0.6) is 11.5 Å². The van der Waals surface area contributed by atoms with Crippen LogP contribution in [-0.2, 0) is 55.0 Å². The van der Waals surface area contributed by atoms with Crippen LogP contribution in [0, 0.1) is 0 Å². The summed E-state index contributed by atoms with van der Waals surface area (Å²) in [6, 6.07) is 3.66. The Balaban J connectivity index is 1.67. The van der Waals surface area contributed by atoms with Gasteiger partial charge in [0.1, 0.15) is 11.5 Å². The molecule has 0 spiro atoms. The number of phosphoric ester groups is 1. The minimum absolute atomic E-state index is 0.168. The van der Waals surface area contributed by atoms with Crippen molar-refractivity contribution in [1.29, 1.82) is 0 Å². The van der Waals surface area contributed by atoms with Gasteiger partial charge in [0, 0.05) is 22.3 Å². The molecule has 53 heavy (non-hydrogen) atoms. The number of aryl methyl sites for hydroxylation is 2. The van der Waals surface area contributed by atoms with E-state index in [1.807, 2.05) is 0 Å². The molecule has 7 rings (SSSR count). The molecule has 1 aliphatic heterocycles. The van der Waals surface area contributed by atoms with Gasteiger partial charge >= 0.3 is 32.5 Å². The van der Waals surface area contributed by atoms with Crippen molar-refractivity contribution < 1.29 is 71.2 Å². The van der Waals surface area contributed by atoms with Crippen LogP contribution in [0.1, 0.15) is 70.2 Å². The molecule has 17 heteroatoms. The van der Waals surface area contributed by atoms with Crippen molar-refractivity contribution in [3.63, 3.8) is 0 Å². The average Bonchev–Trinajstić information content (AvgIpc) is 3.18. The van der Waals surface area contributed by atoms with Crippen molar-refractivity contribution in [2.45, 2.75) is 76.1 Å². The Labute approximate surface area is 293 Å². The standard InChI is InChI=1S/C36H25F12O4P/c37-33(38,39)19-9-11-27(35(43,44)45)23(15-19)25-13-17-5-1-3-7-21(17)29-30-22-8-4-2-6-18(22)14-26(32(30)52-53(49,50)51-31(25)29)24-16-20(34(40,41)42)10-12-28(24)36(46,47)48/h9-16H,1-8H2,(H,49,50). The Hall–Kier alpha value is -4.17. The monoisotopic (exact) mass is 780 g/mol. The highest BCUT2D eigenvalue weighted by Gasteiger charge is 2.45. The number of rotatable bonds is 2. The van der Waals surface area contributed by atoms with E-state index < -0.39 is 88.5 Å². The van der Waals surface area contributed by atoms with Gasteiger partial charge in [0.05, 0.1) is 22.3 Å². The summed E-state index contributed by atoms with van der Waals surface area (Å²) in [6.45, 7) is 0. The molecule has 0 amide bonds. The number of benzene rings is 4. The summed E-state index contributed by atoms with van der Waals surface area (Å²) < 4.78 is 195. The van der Waals surface area contributed by atoms with Crippen molar-refractivity contribution in [3.05, 3.63) is 93.0 Å². The maximum atomic E-state index is 14.5. The SMILES string of the molecule is O=P1(O)Oc2c(-c3cc(C(F)(F)F)ccc3C(F)(F)F)cc3c(c2-c2c4c(cc(-c5cc(C(F)(F)F)ccc5C(F)(F)F)c2O1)CCCC4)CCCC3. The maximum Gasteiger partial charge on any atom is 0.584 e. The summed E-state index contributed by atoms with van der Waals surface area (Å²) in [7, 11) is -5.67. The number of phosphoric acid groups is 1. The van der Waals surface area contributed by atoms with Crippen molar-refractivity contribution >= 4 is 7.82 Å². The molecule has 1 N–H and O–H groups in total. The summed E-state index contributed by atoms with van der Waals surface area (Å²) in [5.41, 5.74) is -8.46. The predicted octanol–water partition coefficient (Wildman–Crippen LogP) is 12.4. The van der Waals surface area contributed by atoms with Gasteiger partial charge in [0.25, 0.3) is 0 Å². The van der Waals surface area contributed by atoms with Crippen LogP contribution >= 0.6 is 7.82 Å². The molecule has 0 fully saturated rings. The second kappa shape index (κ2) is 12.4. The Morgan fingerprint density at radius 1 is 0.491 bits per heavy atom. The van der Waals surface area contributed by atoms with Gasteiger partial charge in [-0.2, -0.15) is 52.7 Å². The molecule has 2 aliphatic carbocycles. The Kier molecular flexibility index (Phi) is 8.72. The highest BCUT2D eigenvalue weighted by atomic mass is 31.2. The fraction of sp³-hybridized carbons (Fsp3) is 0.333. The van der Waals surface area contributed by atoms with Crippen LogP contribution in [0.3, 0.4) is 0 Å². The molecule has 0 saturated heterocycles. The van der Waals surface area contributed by atoms with Crippen LogP contribution in [0.15, 0.2) is 48.5 Å². The molecule has 0 radical (unpaired) electrons. The van der Waals surface area contributed by atoms with Gasteiger partial charge in [0.15, 0.2) is 0 Å². The lowest BCUT2D eigenvalue weighted by Crippen LogP contribution is -2.14. The van der Waals surface area contributed by atoms with E-state index in [9.17, 15) is 62.1 Å². The van der Waals surface area contributed by atoms with Gasteiger partial charge in [-0.25, -0.2) is 4.57 Å². The first-order valence-electron chi connectivity index (χ1n) is 16.2. The molecule has 0 aromatic heterocycles. The normalized spacial score (nSPS) is 17.1. The van der Waals surface area contributed by atoms with Crippen molar-refractivity contribution in [2.24, 2.45) is 0 Å². The molecule has 0 saturated carbocycles. The van der Waals surface area contributed by atoms with Crippen molar-refractivity contribution in [3.8, 4) is 44.9 Å². The summed E-state index contributed by atoms with van der Waals surface area (Å²) >= 11 is 0. The largest absolute Gasteiger partial charge is 0.584 e. The number of alkyl halides is 12. The third-order valence-electron chi connectivity index (χ3n) is 9.75. The quantitative estimate of drug-likeness (QED) is 0.163. The van der Waals surface area contributed by atoms with Crippen LogP contribution in [-0.4, -0.2) is 4.89 Å². The van der Waals surface area contributed by atoms with Gasteiger partial charge in [-0.3, -0.25) is 4.89 Å². The molecule has 4 aromatic rings. The third kappa shape index (κ3) is 6.77. The van der Waals surface area contributed by atoms with Gasteiger partial charge in [-0.05, 0) is 133 Å². The smallest absolute Gasteiger partial charge is 0.394 e. The zero-order valence-electron chi connectivity index (χ0n) is 26.9. The zero-order valence-corrected chi connectivity index (χ0v) is 27.8. The van der Waals surface area contributed by atoms with Crippen LogP contribution in [0.25, 0.3) is 33.4 Å². The van der Waals surface area contributed by atoms with Crippen LogP contribution in [0.4, 0.5) is 52.7 Å². The lowest BCUT2D eigenvalue weighted by molar-refractivity contribution is -0.141. The van der Waals surface area contributed by atoms with E-state index in [0.717, 1.165) is 12.1 Å². The molecule has 282 valence electrons. The zero-order chi connectivity index (χ0) is 38.5. The number of fused-ring (bicyclic) bond motifs is 7. The third-order valence-corrected chi connectivity index (χ3v) is 10.6. The average molecular weight is 781 g/mol. The van der Waals surface area contributed by atoms with Crippen molar-refractivity contribution in [1.82, 2.24) is 0 Å². The molecule has 0 unspecified atom stereocenters. The first-order valence-corrected chi connectivity index (χ1v) is 17.7. The second-order valence-electron chi connectivity index (χ2n) is 13.1. The van der Waals surface area contributed by atoms with Crippen LogP contribution in [0.2, 0.25) is 0 Å². The summed E-state index contributed by atoms with van der Waals surface area (Å²) in [5.74, 6) is -1.55. The van der Waals surface area contributed by atoms with E-state index in [0.29, 0.717) is 47.9 Å². The molecule has 4 aromatic carbocycles. The van der Waals surface area contributed by atoms with Crippen molar-refractivity contribution in [2.75, 3.05) is 0 Å². The molecular weight excluding hydrogens is 755 g/mol. The Bertz CT molecular complexity index is 2050. The molecular formula is C36H25F12O4P. The molecule has 4 nitrogen and oxygen atoms in total. The number of halogens is 12. The van der Waals surface area contributed by atoms with Gasteiger partial charge in [-0.1, -0.05) is 0 Å². The second-order valence-corrected chi connectivity index (χ2v) is 14.4. The fourth-order valence-corrected chi connectivity index (χ4v) is 8.40. The first-order chi connectivity index (χ1) is 24.5. The molecule has 3 aliphatic rings. The van der Waals surface area contributed by atoms with Gasteiger partial charge in [-0.15, -0.1) is 0 Å². The highest BCUT2D eigenvalue weighted by molar-refractivity contribution is 7.48. The summed E-state index contributed by atoms with van der Waals surface area (Å²) in [6.07, 6.45) is -18.1. The lowest BCUT2D eigenvalue weighted by atomic mass is 9.76.